The molecule has 31 heavy (non-hydrogen) atoms. The fraction of sp³-hybridized carbons (Fsp3) is 0.0833. The van der Waals surface area contributed by atoms with Gasteiger partial charge in [0.1, 0.15) is 11.5 Å². The van der Waals surface area contributed by atoms with Crippen molar-refractivity contribution >= 4 is 44.2 Å². The number of benzene rings is 3. The molecule has 2 amide bonds. The zero-order chi connectivity index (χ0) is 21.6. The second-order valence-corrected chi connectivity index (χ2v) is 7.57. The van der Waals surface area contributed by atoms with Crippen molar-refractivity contribution in [3.8, 4) is 5.75 Å². The van der Waals surface area contributed by atoms with Crippen molar-refractivity contribution in [1.29, 1.82) is 0 Å². The van der Waals surface area contributed by atoms with Crippen LogP contribution in [0.3, 0.4) is 0 Å². The monoisotopic (exact) mass is 478 g/mol. The first-order valence-electron chi connectivity index (χ1n) is 9.61. The fourth-order valence-electron chi connectivity index (χ4n) is 3.09. The van der Waals surface area contributed by atoms with Gasteiger partial charge in [0.25, 0.3) is 11.8 Å². The minimum absolute atomic E-state index is 0.161. The topological polar surface area (TPSA) is 80.6 Å². The minimum Gasteiger partial charge on any atom is -0.483 e. The Bertz CT molecular complexity index is 1220. The van der Waals surface area contributed by atoms with E-state index in [1.807, 2.05) is 36.4 Å². The highest BCUT2D eigenvalue weighted by Gasteiger charge is 2.11. The van der Waals surface area contributed by atoms with E-state index in [0.29, 0.717) is 22.8 Å². The molecule has 0 radical (unpaired) electrons. The van der Waals surface area contributed by atoms with Crippen molar-refractivity contribution in [2.45, 2.75) is 6.54 Å². The third-order valence-corrected chi connectivity index (χ3v) is 5.42. The lowest BCUT2D eigenvalue weighted by Crippen LogP contribution is -2.23. The van der Waals surface area contributed by atoms with Gasteiger partial charge in [-0.25, -0.2) is 0 Å². The Hall–Kier alpha value is -3.58. The molecule has 0 aliphatic carbocycles. The van der Waals surface area contributed by atoms with Crippen LogP contribution >= 0.6 is 15.9 Å². The molecule has 3 aromatic carbocycles. The SMILES string of the molecule is O=C(COc1ccc2ccccc2c1Br)Nc1cccc(C(=O)NCc2ccco2)c1. The lowest BCUT2D eigenvalue weighted by molar-refractivity contribution is -0.118. The van der Waals surface area contributed by atoms with E-state index in [2.05, 4.69) is 26.6 Å². The van der Waals surface area contributed by atoms with Gasteiger partial charge in [0, 0.05) is 11.3 Å². The third kappa shape index (κ3) is 5.13. The zero-order valence-electron chi connectivity index (χ0n) is 16.4. The molecule has 0 spiro atoms. The molecule has 156 valence electrons. The summed E-state index contributed by atoms with van der Waals surface area (Å²) in [7, 11) is 0. The summed E-state index contributed by atoms with van der Waals surface area (Å²) in [6, 6.07) is 21.9. The lowest BCUT2D eigenvalue weighted by Gasteiger charge is -2.11. The Kier molecular flexibility index (Phi) is 6.33. The molecular formula is C24H19BrN2O4. The number of carbonyl (C=O) groups is 2. The Morgan fingerprint density at radius 2 is 1.84 bits per heavy atom. The van der Waals surface area contributed by atoms with Crippen molar-refractivity contribution in [2.24, 2.45) is 0 Å². The number of fused-ring (bicyclic) bond motifs is 1. The van der Waals surface area contributed by atoms with Crippen LogP contribution in [0.5, 0.6) is 5.75 Å². The van der Waals surface area contributed by atoms with Crippen molar-refractivity contribution in [3.05, 3.63) is 94.9 Å². The molecule has 4 rings (SSSR count). The molecule has 0 saturated carbocycles. The molecule has 0 aliphatic rings. The van der Waals surface area contributed by atoms with Gasteiger partial charge >= 0.3 is 0 Å². The number of furan rings is 1. The summed E-state index contributed by atoms with van der Waals surface area (Å²) in [6.07, 6.45) is 1.55. The van der Waals surface area contributed by atoms with Crippen LogP contribution in [0.4, 0.5) is 5.69 Å². The molecule has 4 aromatic rings. The van der Waals surface area contributed by atoms with Gasteiger partial charge in [-0.05, 0) is 63.1 Å². The van der Waals surface area contributed by atoms with Crippen LogP contribution in [0.2, 0.25) is 0 Å². The predicted molar refractivity (Wildman–Crippen MR) is 122 cm³/mol. The fourth-order valence-corrected chi connectivity index (χ4v) is 3.69. The van der Waals surface area contributed by atoms with Crippen molar-refractivity contribution in [1.82, 2.24) is 5.32 Å². The van der Waals surface area contributed by atoms with Gasteiger partial charge in [-0.3, -0.25) is 9.59 Å². The van der Waals surface area contributed by atoms with Crippen LogP contribution in [0.15, 0.2) is 87.9 Å². The summed E-state index contributed by atoms with van der Waals surface area (Å²) in [5.41, 5.74) is 0.944. The molecule has 6 nitrogen and oxygen atoms in total. The van der Waals surface area contributed by atoms with Gasteiger partial charge in [0.05, 0.1) is 17.3 Å². The molecule has 2 N–H and O–H groups in total. The maximum atomic E-state index is 12.4. The van der Waals surface area contributed by atoms with Gasteiger partial charge in [-0.2, -0.15) is 0 Å². The maximum Gasteiger partial charge on any atom is 0.262 e. The largest absolute Gasteiger partial charge is 0.483 e. The normalized spacial score (nSPS) is 10.6. The number of rotatable bonds is 7. The zero-order valence-corrected chi connectivity index (χ0v) is 18.0. The molecule has 0 saturated heterocycles. The van der Waals surface area contributed by atoms with E-state index in [4.69, 9.17) is 9.15 Å². The summed E-state index contributed by atoms with van der Waals surface area (Å²) in [6.45, 7) is 0.128. The van der Waals surface area contributed by atoms with Crippen molar-refractivity contribution < 1.29 is 18.7 Å². The molecule has 1 aromatic heterocycles. The second-order valence-electron chi connectivity index (χ2n) is 6.78. The van der Waals surface area contributed by atoms with Gasteiger partial charge in [-0.15, -0.1) is 0 Å². The Morgan fingerprint density at radius 3 is 2.68 bits per heavy atom. The summed E-state index contributed by atoms with van der Waals surface area (Å²) in [5, 5.41) is 7.62. The van der Waals surface area contributed by atoms with Crippen molar-refractivity contribution in [3.63, 3.8) is 0 Å². The van der Waals surface area contributed by atoms with Crippen LogP contribution in [0.1, 0.15) is 16.1 Å². The van der Waals surface area contributed by atoms with E-state index in [9.17, 15) is 9.59 Å². The van der Waals surface area contributed by atoms with Crippen LogP contribution in [0.25, 0.3) is 10.8 Å². The molecule has 7 heteroatoms. The third-order valence-electron chi connectivity index (χ3n) is 4.60. The molecule has 0 unspecified atom stereocenters. The first-order chi connectivity index (χ1) is 15.1. The van der Waals surface area contributed by atoms with Crippen LogP contribution < -0.4 is 15.4 Å². The van der Waals surface area contributed by atoms with E-state index in [1.165, 1.54) is 0 Å². The highest BCUT2D eigenvalue weighted by Crippen LogP contribution is 2.33. The first-order valence-corrected chi connectivity index (χ1v) is 10.4. The number of anilines is 1. The van der Waals surface area contributed by atoms with E-state index < -0.39 is 0 Å². The van der Waals surface area contributed by atoms with Crippen LogP contribution in [-0.2, 0) is 11.3 Å². The number of nitrogens with one attached hydrogen (secondary N) is 2. The predicted octanol–water partition coefficient (Wildman–Crippen LogP) is 5.14. The number of hydrogen-bond acceptors (Lipinski definition) is 4. The average molecular weight is 479 g/mol. The van der Waals surface area contributed by atoms with Crippen LogP contribution in [-0.4, -0.2) is 18.4 Å². The molecule has 0 fully saturated rings. The highest BCUT2D eigenvalue weighted by molar-refractivity contribution is 9.10. The summed E-state index contributed by atoms with van der Waals surface area (Å²) in [4.78, 5) is 24.7. The lowest BCUT2D eigenvalue weighted by atomic mass is 10.1. The van der Waals surface area contributed by atoms with E-state index in [1.54, 1.807) is 42.7 Å². The number of carbonyl (C=O) groups excluding carboxylic acids is 2. The van der Waals surface area contributed by atoms with E-state index >= 15 is 0 Å². The standard InChI is InChI=1S/C24H19BrN2O4/c25-23-20-9-2-1-5-16(20)10-11-21(23)31-15-22(28)27-18-7-3-6-17(13-18)24(29)26-14-19-8-4-12-30-19/h1-13H,14-15H2,(H,26,29)(H,27,28). The maximum absolute atomic E-state index is 12.4. The highest BCUT2D eigenvalue weighted by atomic mass is 79.9. The summed E-state index contributed by atoms with van der Waals surface area (Å²) < 4.78 is 11.7. The molecular weight excluding hydrogens is 460 g/mol. The quantitative estimate of drug-likeness (QED) is 0.385. The summed E-state index contributed by atoms with van der Waals surface area (Å²) >= 11 is 3.55. The van der Waals surface area contributed by atoms with E-state index in [-0.39, 0.29) is 25.0 Å². The molecule has 0 aliphatic heterocycles. The van der Waals surface area contributed by atoms with E-state index in [0.717, 1.165) is 15.2 Å². The van der Waals surface area contributed by atoms with Crippen molar-refractivity contribution in [2.75, 3.05) is 11.9 Å². The Morgan fingerprint density at radius 1 is 0.968 bits per heavy atom. The Balaban J connectivity index is 1.35. The number of hydrogen-bond donors (Lipinski definition) is 2. The average Bonchev–Trinajstić information content (AvgIpc) is 3.31. The van der Waals surface area contributed by atoms with Gasteiger partial charge in [-0.1, -0.05) is 36.4 Å². The minimum atomic E-state index is -0.326. The van der Waals surface area contributed by atoms with Gasteiger partial charge < -0.3 is 19.8 Å². The smallest absolute Gasteiger partial charge is 0.262 e. The van der Waals surface area contributed by atoms with Gasteiger partial charge in [0.15, 0.2) is 6.61 Å². The Labute approximate surface area is 187 Å². The number of ether oxygens (including phenoxy) is 1. The van der Waals surface area contributed by atoms with Gasteiger partial charge in [0.2, 0.25) is 0 Å². The number of halogens is 1. The second kappa shape index (κ2) is 9.49. The molecule has 0 bridgehead atoms. The van der Waals surface area contributed by atoms with Crippen LogP contribution in [0, 0.1) is 0 Å². The molecule has 0 atom stereocenters. The summed E-state index contributed by atoms with van der Waals surface area (Å²) in [5.74, 6) is 0.659. The first kappa shape index (κ1) is 20.7. The number of amides is 2. The molecule has 1 heterocycles.